The van der Waals surface area contributed by atoms with Crippen LogP contribution in [0.4, 0.5) is 10.1 Å². The highest BCUT2D eigenvalue weighted by molar-refractivity contribution is 6.03. The van der Waals surface area contributed by atoms with Crippen molar-refractivity contribution in [3.63, 3.8) is 0 Å². The highest BCUT2D eigenvalue weighted by atomic mass is 19.1. The van der Waals surface area contributed by atoms with E-state index in [9.17, 15) is 39.5 Å². The molecule has 1 unspecified atom stereocenters. The molecule has 5 N–H and O–H groups in total. The normalized spacial score (nSPS) is 17.5. The van der Waals surface area contributed by atoms with Crippen molar-refractivity contribution >= 4 is 17.6 Å². The summed E-state index contributed by atoms with van der Waals surface area (Å²) >= 11 is 0. The Balaban J connectivity index is 1.56. The number of rotatable bonds is 15. The van der Waals surface area contributed by atoms with Gasteiger partial charge in [0.25, 0.3) is 0 Å². The second kappa shape index (κ2) is 14.9. The number of aliphatic hydroxyl groups excluding tert-OH is 3. The van der Waals surface area contributed by atoms with E-state index in [0.717, 1.165) is 16.7 Å². The molecule has 0 saturated carbocycles. The van der Waals surface area contributed by atoms with Crippen molar-refractivity contribution in [2.75, 3.05) is 18.1 Å². The van der Waals surface area contributed by atoms with Crippen LogP contribution in [0.15, 0.2) is 72.8 Å². The van der Waals surface area contributed by atoms with Crippen molar-refractivity contribution in [1.82, 2.24) is 0 Å². The molecule has 10 heteroatoms. The number of ether oxygens (including phenoxy) is 1. The molecule has 0 spiro atoms. The van der Waals surface area contributed by atoms with Gasteiger partial charge in [-0.2, -0.15) is 0 Å². The van der Waals surface area contributed by atoms with E-state index in [2.05, 4.69) is 0 Å². The molecule has 0 radical (unpaired) electrons. The first kappa shape index (κ1) is 33.2. The minimum Gasteiger partial charge on any atom is -0.458 e. The molecule has 3 aromatic rings. The molecule has 4 rings (SSSR count). The Hall–Kier alpha value is -3.67. The summed E-state index contributed by atoms with van der Waals surface area (Å²) in [5.74, 6) is -1.39. The molecule has 1 aliphatic rings. The topological polar surface area (TPSA) is 148 Å². The van der Waals surface area contributed by atoms with E-state index >= 15 is 0 Å². The van der Waals surface area contributed by atoms with Gasteiger partial charge in [-0.1, -0.05) is 48.5 Å². The number of carbonyl (C=O) groups excluding carboxylic acids is 2. The predicted molar refractivity (Wildman–Crippen MR) is 161 cm³/mol. The van der Waals surface area contributed by atoms with Crippen LogP contribution in [-0.4, -0.2) is 62.5 Å². The molecule has 1 heterocycles. The average Bonchev–Trinajstić information content (AvgIpc) is 3.02. The van der Waals surface area contributed by atoms with Crippen molar-refractivity contribution in [2.24, 2.45) is 5.92 Å². The van der Waals surface area contributed by atoms with Crippen molar-refractivity contribution in [2.45, 2.75) is 69.5 Å². The zero-order chi connectivity index (χ0) is 31.9. The first-order chi connectivity index (χ1) is 21.0. The molecule has 0 aliphatic carbocycles. The predicted octanol–water partition coefficient (Wildman–Crippen LogP) is 3.51. The second-order valence-electron chi connectivity index (χ2n) is 11.5. The molecule has 236 valence electrons. The maximum atomic E-state index is 13.6. The summed E-state index contributed by atoms with van der Waals surface area (Å²) in [4.78, 5) is 27.2. The van der Waals surface area contributed by atoms with Crippen LogP contribution in [0, 0.1) is 11.7 Å². The van der Waals surface area contributed by atoms with E-state index in [-0.39, 0.29) is 24.8 Å². The van der Waals surface area contributed by atoms with E-state index in [1.165, 1.54) is 19.1 Å². The van der Waals surface area contributed by atoms with Gasteiger partial charge in [0.15, 0.2) is 6.29 Å². The van der Waals surface area contributed by atoms with Crippen LogP contribution in [0.1, 0.15) is 67.0 Å². The number of aryl methyl sites for hydroxylation is 2. The van der Waals surface area contributed by atoms with Gasteiger partial charge in [-0.3, -0.25) is 9.59 Å². The Kier molecular flexibility index (Phi) is 11.2. The van der Waals surface area contributed by atoms with Gasteiger partial charge < -0.3 is 35.2 Å². The summed E-state index contributed by atoms with van der Waals surface area (Å²) < 4.78 is 19.1. The monoisotopic (exact) mass is 609 g/mol. The van der Waals surface area contributed by atoms with Crippen molar-refractivity contribution < 1.29 is 44.2 Å². The van der Waals surface area contributed by atoms with Gasteiger partial charge >= 0.3 is 5.97 Å². The lowest BCUT2D eigenvalue weighted by molar-refractivity contribution is -0.147. The Morgan fingerprint density at radius 1 is 0.909 bits per heavy atom. The third-order valence-corrected chi connectivity index (χ3v) is 8.20. The number of carbonyl (C=O) groups is 2. The summed E-state index contributed by atoms with van der Waals surface area (Å²) in [5, 5.41) is 47.4. The molecule has 0 aromatic heterocycles. The van der Waals surface area contributed by atoms with Gasteiger partial charge in [0.05, 0.1) is 25.2 Å². The van der Waals surface area contributed by atoms with Crippen LogP contribution in [-0.2, 0) is 27.2 Å². The van der Waals surface area contributed by atoms with Crippen molar-refractivity contribution in [3.8, 4) is 0 Å². The number of amides is 1. The van der Waals surface area contributed by atoms with Crippen LogP contribution in [0.5, 0.6) is 0 Å². The molecule has 1 aliphatic heterocycles. The van der Waals surface area contributed by atoms with Crippen molar-refractivity contribution in [1.29, 1.82) is 0 Å². The SMILES string of the molecule is CC(=O)OC(CC[C@H]1C(=O)N(c2ccc(CCC(O)O)cc2)[C@@H]1c1ccc(CCC(O)(CO)CO)cc1)c1ccc(F)cc1. The fourth-order valence-electron chi connectivity index (χ4n) is 5.59. The first-order valence-corrected chi connectivity index (χ1v) is 14.8. The summed E-state index contributed by atoms with van der Waals surface area (Å²) in [5.41, 5.74) is 2.45. The molecule has 1 amide bonds. The first-order valence-electron chi connectivity index (χ1n) is 14.8. The number of benzene rings is 3. The van der Waals surface area contributed by atoms with E-state index < -0.39 is 48.9 Å². The Morgan fingerprint density at radius 2 is 1.50 bits per heavy atom. The molecule has 1 saturated heterocycles. The fourth-order valence-corrected chi connectivity index (χ4v) is 5.59. The lowest BCUT2D eigenvalue weighted by Crippen LogP contribution is -2.55. The minimum absolute atomic E-state index is 0.0887. The summed E-state index contributed by atoms with van der Waals surface area (Å²) in [6.45, 7) is 0.214. The van der Waals surface area contributed by atoms with Gasteiger partial charge in [0, 0.05) is 19.0 Å². The van der Waals surface area contributed by atoms with Gasteiger partial charge in [-0.15, -0.1) is 0 Å². The van der Waals surface area contributed by atoms with Crippen LogP contribution < -0.4 is 4.90 Å². The quantitative estimate of drug-likeness (QED) is 0.1000. The van der Waals surface area contributed by atoms with Crippen LogP contribution in [0.3, 0.4) is 0 Å². The molecular weight excluding hydrogens is 569 g/mol. The van der Waals surface area contributed by atoms with Gasteiger partial charge in [-0.25, -0.2) is 4.39 Å². The third-order valence-electron chi connectivity index (χ3n) is 8.20. The number of β-lactam (4-membered cyclic amide) rings is 1. The summed E-state index contributed by atoms with van der Waals surface area (Å²) in [6, 6.07) is 20.4. The van der Waals surface area contributed by atoms with Crippen LogP contribution in [0.2, 0.25) is 0 Å². The van der Waals surface area contributed by atoms with Crippen LogP contribution >= 0.6 is 0 Å². The second-order valence-corrected chi connectivity index (χ2v) is 11.5. The molecular formula is C34H40FNO8. The average molecular weight is 610 g/mol. The molecule has 9 nitrogen and oxygen atoms in total. The number of halogens is 1. The van der Waals surface area contributed by atoms with Gasteiger partial charge in [-0.05, 0) is 78.6 Å². The number of aliphatic hydroxyl groups is 5. The summed E-state index contributed by atoms with van der Waals surface area (Å²) in [7, 11) is 0. The zero-order valence-corrected chi connectivity index (χ0v) is 24.7. The van der Waals surface area contributed by atoms with Gasteiger partial charge in [0.2, 0.25) is 5.91 Å². The number of anilines is 1. The standard InChI is InChI=1S/C34H40FNO8/c1-22(39)44-30(25-9-11-27(35)12-10-25)16-15-29-32(26-7-2-24(3-8-26)18-19-34(43,20-37)21-38)36(33(29)42)28-13-4-23(5-14-28)6-17-31(40)41/h2-5,7-14,29-32,37-38,40-41,43H,6,15-21H2,1H3/t29-,30?,32-/m1/s1. The number of esters is 1. The maximum absolute atomic E-state index is 13.6. The lowest BCUT2D eigenvalue weighted by Gasteiger charge is -2.48. The smallest absolute Gasteiger partial charge is 0.303 e. The van der Waals surface area contributed by atoms with E-state index in [1.807, 2.05) is 48.5 Å². The maximum Gasteiger partial charge on any atom is 0.303 e. The third kappa shape index (κ3) is 8.28. The minimum atomic E-state index is -1.56. The molecule has 3 atom stereocenters. The molecule has 0 bridgehead atoms. The highest BCUT2D eigenvalue weighted by Crippen LogP contribution is 2.46. The van der Waals surface area contributed by atoms with Gasteiger partial charge in [0.1, 0.15) is 17.5 Å². The molecule has 3 aromatic carbocycles. The van der Waals surface area contributed by atoms with E-state index in [0.29, 0.717) is 36.9 Å². The largest absolute Gasteiger partial charge is 0.458 e. The van der Waals surface area contributed by atoms with Crippen LogP contribution in [0.25, 0.3) is 0 Å². The Morgan fingerprint density at radius 3 is 2.07 bits per heavy atom. The molecule has 1 fully saturated rings. The highest BCUT2D eigenvalue weighted by Gasteiger charge is 2.48. The number of hydrogen-bond donors (Lipinski definition) is 5. The lowest BCUT2D eigenvalue weighted by atomic mass is 9.78. The van der Waals surface area contributed by atoms with E-state index in [1.54, 1.807) is 17.0 Å². The number of nitrogens with zero attached hydrogens (tertiary/aromatic N) is 1. The van der Waals surface area contributed by atoms with Crippen molar-refractivity contribution in [3.05, 3.63) is 101 Å². The number of hydrogen-bond acceptors (Lipinski definition) is 8. The fraction of sp³-hybridized carbons (Fsp3) is 0.412. The Labute approximate surface area is 256 Å². The molecule has 44 heavy (non-hydrogen) atoms. The summed E-state index contributed by atoms with van der Waals surface area (Å²) in [6.07, 6.45) is 0.00282. The Bertz CT molecular complexity index is 1370. The van der Waals surface area contributed by atoms with E-state index in [4.69, 9.17) is 4.74 Å². The zero-order valence-electron chi connectivity index (χ0n) is 24.7.